The lowest BCUT2D eigenvalue weighted by atomic mass is 10.2. The van der Waals surface area contributed by atoms with E-state index in [1.165, 1.54) is 0 Å². The zero-order chi connectivity index (χ0) is 10.3. The average molecular weight is 195 g/mol. The molecule has 0 unspecified atom stereocenters. The largest absolute Gasteiger partial charge is 0.339 e. The normalized spacial score (nSPS) is 16.9. The minimum Gasteiger partial charge on any atom is -0.339 e. The summed E-state index contributed by atoms with van der Waals surface area (Å²) in [7, 11) is 0. The number of rotatable bonds is 0. The van der Waals surface area contributed by atoms with Crippen molar-refractivity contribution >= 4 is 11.4 Å². The van der Waals surface area contributed by atoms with Crippen LogP contribution >= 0.6 is 0 Å². The first-order chi connectivity index (χ1) is 7.40. The van der Waals surface area contributed by atoms with Crippen LogP contribution in [0, 0.1) is 11.3 Å². The van der Waals surface area contributed by atoms with E-state index in [0.717, 1.165) is 23.7 Å². The molecule has 72 valence electrons. The monoisotopic (exact) mass is 195 g/mol. The van der Waals surface area contributed by atoms with Crippen molar-refractivity contribution < 1.29 is 0 Å². The van der Waals surface area contributed by atoms with Crippen LogP contribution in [0.1, 0.15) is 0 Å². The van der Waals surface area contributed by atoms with Crippen LogP contribution in [0.5, 0.6) is 0 Å². The molecule has 2 heterocycles. The van der Waals surface area contributed by atoms with Gasteiger partial charge in [-0.05, 0) is 18.2 Å². The number of allylic oxidation sites excluding steroid dienone is 2. The summed E-state index contributed by atoms with van der Waals surface area (Å²) in [5.41, 5.74) is 2.91. The highest BCUT2D eigenvalue weighted by Gasteiger charge is 2.26. The van der Waals surface area contributed by atoms with Crippen molar-refractivity contribution in [3.8, 4) is 6.07 Å². The molecule has 2 aliphatic heterocycles. The third-order valence-electron chi connectivity index (χ3n) is 2.67. The summed E-state index contributed by atoms with van der Waals surface area (Å²) in [6.45, 7) is 0.824. The molecule has 0 saturated heterocycles. The summed E-state index contributed by atoms with van der Waals surface area (Å²) < 4.78 is 0. The Kier molecular flexibility index (Phi) is 1.57. The summed E-state index contributed by atoms with van der Waals surface area (Å²) >= 11 is 0. The standard InChI is InChI=1S/C12H9N3/c13-8-9-4-3-7-15-11-6-2-1-5-10(11)14-12(9)15/h1-6,14H,7H2. The zero-order valence-corrected chi connectivity index (χ0v) is 8.07. The topological polar surface area (TPSA) is 39.1 Å². The number of benzene rings is 1. The number of anilines is 2. The molecule has 1 N–H and O–H groups in total. The van der Waals surface area contributed by atoms with E-state index in [9.17, 15) is 0 Å². The highest BCUT2D eigenvalue weighted by molar-refractivity contribution is 5.83. The molecule has 0 amide bonds. The lowest BCUT2D eigenvalue weighted by molar-refractivity contribution is 1.02. The van der Waals surface area contributed by atoms with Crippen LogP contribution in [0.4, 0.5) is 11.4 Å². The number of hydrogen-bond acceptors (Lipinski definition) is 3. The maximum absolute atomic E-state index is 8.99. The van der Waals surface area contributed by atoms with E-state index in [2.05, 4.69) is 22.4 Å². The molecule has 0 atom stereocenters. The average Bonchev–Trinajstić information content (AvgIpc) is 2.67. The van der Waals surface area contributed by atoms with Gasteiger partial charge in [0.25, 0.3) is 0 Å². The van der Waals surface area contributed by atoms with Gasteiger partial charge in [-0.1, -0.05) is 18.2 Å². The Morgan fingerprint density at radius 2 is 2.20 bits per heavy atom. The first kappa shape index (κ1) is 8.13. The van der Waals surface area contributed by atoms with Crippen LogP contribution in [0.3, 0.4) is 0 Å². The molecule has 1 aromatic rings. The SMILES string of the molecule is N#CC1=C2Nc3ccccc3N2CC=C1. The molecule has 15 heavy (non-hydrogen) atoms. The minimum atomic E-state index is 0.692. The van der Waals surface area contributed by atoms with Crippen LogP contribution in [0.2, 0.25) is 0 Å². The van der Waals surface area contributed by atoms with E-state index in [0.29, 0.717) is 5.57 Å². The van der Waals surface area contributed by atoms with Crippen LogP contribution in [-0.4, -0.2) is 6.54 Å². The highest BCUT2D eigenvalue weighted by Crippen LogP contribution is 2.38. The molecule has 1 aromatic carbocycles. The van der Waals surface area contributed by atoms with Gasteiger partial charge in [0, 0.05) is 6.54 Å². The summed E-state index contributed by atoms with van der Waals surface area (Å²) in [5.74, 6) is 0.904. The van der Waals surface area contributed by atoms with Crippen molar-refractivity contribution in [1.29, 1.82) is 5.26 Å². The first-order valence-electron chi connectivity index (χ1n) is 4.84. The number of nitrogens with one attached hydrogen (secondary N) is 1. The summed E-state index contributed by atoms with van der Waals surface area (Å²) in [4.78, 5) is 2.12. The molecule has 3 heteroatoms. The molecule has 0 spiro atoms. The predicted molar refractivity (Wildman–Crippen MR) is 59.2 cm³/mol. The Bertz CT molecular complexity index is 520. The first-order valence-corrected chi connectivity index (χ1v) is 4.84. The van der Waals surface area contributed by atoms with Gasteiger partial charge in [-0.3, -0.25) is 0 Å². The number of para-hydroxylation sites is 2. The number of hydrogen-bond donors (Lipinski definition) is 1. The molecular weight excluding hydrogens is 186 g/mol. The maximum atomic E-state index is 8.99. The van der Waals surface area contributed by atoms with Gasteiger partial charge in [0.2, 0.25) is 0 Å². The Morgan fingerprint density at radius 1 is 1.33 bits per heavy atom. The fourth-order valence-corrected chi connectivity index (χ4v) is 1.98. The predicted octanol–water partition coefficient (Wildman–Crippen LogP) is 2.22. The molecule has 0 saturated carbocycles. The van der Waals surface area contributed by atoms with Crippen molar-refractivity contribution in [2.24, 2.45) is 0 Å². The lowest BCUT2D eigenvalue weighted by Gasteiger charge is -2.21. The Hall–Kier alpha value is -2.21. The van der Waals surface area contributed by atoms with Crippen molar-refractivity contribution in [2.75, 3.05) is 16.8 Å². The van der Waals surface area contributed by atoms with E-state index in [1.807, 2.05) is 30.4 Å². The molecule has 2 aliphatic rings. The second-order valence-electron chi connectivity index (χ2n) is 3.53. The van der Waals surface area contributed by atoms with Gasteiger partial charge in [-0.2, -0.15) is 5.26 Å². The van der Waals surface area contributed by atoms with Crippen molar-refractivity contribution in [1.82, 2.24) is 0 Å². The minimum absolute atomic E-state index is 0.692. The summed E-state index contributed by atoms with van der Waals surface area (Å²) in [5, 5.41) is 12.3. The molecule has 0 aromatic heterocycles. The van der Waals surface area contributed by atoms with Gasteiger partial charge in [0.15, 0.2) is 0 Å². The van der Waals surface area contributed by atoms with Gasteiger partial charge in [-0.25, -0.2) is 0 Å². The van der Waals surface area contributed by atoms with Gasteiger partial charge in [0.05, 0.1) is 16.9 Å². The van der Waals surface area contributed by atoms with Crippen LogP contribution in [-0.2, 0) is 0 Å². The smallest absolute Gasteiger partial charge is 0.129 e. The fraction of sp³-hybridized carbons (Fsp3) is 0.0833. The van der Waals surface area contributed by atoms with Gasteiger partial charge in [0.1, 0.15) is 11.9 Å². The number of nitrogens with zero attached hydrogens (tertiary/aromatic N) is 2. The zero-order valence-electron chi connectivity index (χ0n) is 8.07. The van der Waals surface area contributed by atoms with Gasteiger partial charge in [-0.15, -0.1) is 0 Å². The van der Waals surface area contributed by atoms with E-state index in [-0.39, 0.29) is 0 Å². The number of nitriles is 1. The van der Waals surface area contributed by atoms with Gasteiger partial charge < -0.3 is 10.2 Å². The van der Waals surface area contributed by atoms with Crippen LogP contribution < -0.4 is 10.2 Å². The van der Waals surface area contributed by atoms with Crippen molar-refractivity contribution in [3.05, 3.63) is 47.8 Å². The van der Waals surface area contributed by atoms with E-state index in [1.54, 1.807) is 0 Å². The molecule has 0 aliphatic carbocycles. The molecular formula is C12H9N3. The van der Waals surface area contributed by atoms with Crippen molar-refractivity contribution in [3.63, 3.8) is 0 Å². The molecule has 0 fully saturated rings. The van der Waals surface area contributed by atoms with Gasteiger partial charge >= 0.3 is 0 Å². The fourth-order valence-electron chi connectivity index (χ4n) is 1.98. The quantitative estimate of drug-likeness (QED) is 0.690. The van der Waals surface area contributed by atoms with Crippen LogP contribution in [0.25, 0.3) is 0 Å². The molecule has 3 nitrogen and oxygen atoms in total. The molecule has 0 radical (unpaired) electrons. The Balaban J connectivity index is 2.17. The lowest BCUT2D eigenvalue weighted by Crippen LogP contribution is -2.24. The second kappa shape index (κ2) is 2.89. The Morgan fingerprint density at radius 3 is 3.07 bits per heavy atom. The van der Waals surface area contributed by atoms with Crippen molar-refractivity contribution in [2.45, 2.75) is 0 Å². The third-order valence-corrected chi connectivity index (χ3v) is 2.67. The van der Waals surface area contributed by atoms with Crippen LogP contribution in [0.15, 0.2) is 47.8 Å². The summed E-state index contributed by atoms with van der Waals surface area (Å²) in [6.07, 6.45) is 3.87. The molecule has 0 bridgehead atoms. The second-order valence-corrected chi connectivity index (χ2v) is 3.53. The van der Waals surface area contributed by atoms with E-state index < -0.39 is 0 Å². The van der Waals surface area contributed by atoms with E-state index in [4.69, 9.17) is 5.26 Å². The maximum Gasteiger partial charge on any atom is 0.129 e. The molecule has 3 rings (SSSR count). The van der Waals surface area contributed by atoms with E-state index >= 15 is 0 Å². The number of fused-ring (bicyclic) bond motifs is 3. The highest BCUT2D eigenvalue weighted by atomic mass is 15.3. The summed E-state index contributed by atoms with van der Waals surface area (Å²) in [6, 6.07) is 10.3. The third kappa shape index (κ3) is 1.05. The Labute approximate surface area is 87.9 Å².